The Hall–Kier alpha value is -3.30. The van der Waals surface area contributed by atoms with Gasteiger partial charge in [-0.15, -0.1) is 0 Å². The predicted octanol–water partition coefficient (Wildman–Crippen LogP) is 4.06. The van der Waals surface area contributed by atoms with Crippen LogP contribution >= 0.6 is 0 Å². The minimum absolute atomic E-state index is 0.383. The van der Waals surface area contributed by atoms with Crippen LogP contribution in [0.2, 0.25) is 0 Å². The van der Waals surface area contributed by atoms with Crippen molar-refractivity contribution in [3.8, 4) is 5.75 Å². The first-order valence-electron chi connectivity index (χ1n) is 7.69. The summed E-state index contributed by atoms with van der Waals surface area (Å²) in [5.41, 5.74) is -2.09. The first kappa shape index (κ1) is 20.0. The summed E-state index contributed by atoms with van der Waals surface area (Å²) in [6, 6.07) is 7.96. The number of anilines is 2. The summed E-state index contributed by atoms with van der Waals surface area (Å²) >= 11 is 0. The molecule has 1 amide bonds. The summed E-state index contributed by atoms with van der Waals surface area (Å²) in [5, 5.41) is 15.7. The van der Waals surface area contributed by atoms with Crippen molar-refractivity contribution in [3.05, 3.63) is 58.1 Å². The minimum atomic E-state index is -4.87. The Morgan fingerprint density at radius 1 is 1.19 bits per heavy atom. The number of hydrogen-bond donors (Lipinski definition) is 2. The van der Waals surface area contributed by atoms with Crippen LogP contribution in [0.4, 0.5) is 30.2 Å². The van der Waals surface area contributed by atoms with Crippen LogP contribution in [-0.4, -0.2) is 24.0 Å². The van der Waals surface area contributed by atoms with Crippen molar-refractivity contribution in [1.29, 1.82) is 0 Å². The molecule has 2 aromatic rings. The second-order valence-corrected chi connectivity index (χ2v) is 5.54. The molecule has 0 saturated heterocycles. The Kier molecular flexibility index (Phi) is 5.88. The number of non-ortho nitro benzene ring substituents is 1. The van der Waals surface area contributed by atoms with E-state index in [0.29, 0.717) is 17.5 Å². The number of nitro benzene ring substituents is 1. The molecule has 27 heavy (non-hydrogen) atoms. The van der Waals surface area contributed by atoms with Gasteiger partial charge in [0, 0.05) is 12.1 Å². The first-order valence-corrected chi connectivity index (χ1v) is 7.69. The van der Waals surface area contributed by atoms with E-state index in [1.165, 1.54) is 14.0 Å². The van der Waals surface area contributed by atoms with Crippen LogP contribution in [0, 0.1) is 10.1 Å². The van der Waals surface area contributed by atoms with Gasteiger partial charge in [-0.3, -0.25) is 14.9 Å². The molecular formula is C17H16F3N3O4. The number of methoxy groups -OCH3 is 1. The average Bonchev–Trinajstić information content (AvgIpc) is 2.61. The standard InChI is InChI=1S/C17H16F3N3O4/c1-10(21-14-5-3-4-6-15(14)27-2)16(24)22-13-8-7-11(23(25)26)9-12(13)17(18,19)20/h3-10,21H,1-2H3,(H,22,24)/t10-/m0/s1. The molecule has 144 valence electrons. The summed E-state index contributed by atoms with van der Waals surface area (Å²) in [7, 11) is 1.44. The number of nitro groups is 1. The second kappa shape index (κ2) is 7.94. The number of ether oxygens (including phenoxy) is 1. The van der Waals surface area contributed by atoms with Crippen molar-refractivity contribution in [2.24, 2.45) is 0 Å². The number of rotatable bonds is 6. The van der Waals surface area contributed by atoms with Crippen molar-refractivity contribution in [2.75, 3.05) is 17.7 Å². The van der Waals surface area contributed by atoms with E-state index in [1.54, 1.807) is 24.3 Å². The highest BCUT2D eigenvalue weighted by Gasteiger charge is 2.36. The molecule has 10 heteroatoms. The zero-order valence-corrected chi connectivity index (χ0v) is 14.3. The summed E-state index contributed by atoms with van der Waals surface area (Å²) in [4.78, 5) is 22.1. The third kappa shape index (κ3) is 4.87. The number of alkyl halides is 3. The third-order valence-corrected chi connectivity index (χ3v) is 3.65. The maximum atomic E-state index is 13.2. The molecule has 0 heterocycles. The molecule has 0 unspecified atom stereocenters. The Morgan fingerprint density at radius 2 is 1.85 bits per heavy atom. The topological polar surface area (TPSA) is 93.5 Å². The van der Waals surface area contributed by atoms with Gasteiger partial charge in [-0.2, -0.15) is 13.2 Å². The largest absolute Gasteiger partial charge is 0.495 e. The lowest BCUT2D eigenvalue weighted by molar-refractivity contribution is -0.385. The normalized spacial score (nSPS) is 12.2. The number of para-hydroxylation sites is 2. The maximum absolute atomic E-state index is 13.2. The number of carbonyl (C=O) groups excluding carboxylic acids is 1. The van der Waals surface area contributed by atoms with Gasteiger partial charge < -0.3 is 15.4 Å². The van der Waals surface area contributed by atoms with Crippen molar-refractivity contribution in [3.63, 3.8) is 0 Å². The van der Waals surface area contributed by atoms with Crippen LogP contribution in [0.15, 0.2) is 42.5 Å². The van der Waals surface area contributed by atoms with Crippen molar-refractivity contribution in [2.45, 2.75) is 19.1 Å². The van der Waals surface area contributed by atoms with Gasteiger partial charge in [0.2, 0.25) is 5.91 Å². The number of nitrogens with zero attached hydrogens (tertiary/aromatic N) is 1. The molecule has 7 nitrogen and oxygen atoms in total. The third-order valence-electron chi connectivity index (χ3n) is 3.65. The smallest absolute Gasteiger partial charge is 0.418 e. The van der Waals surface area contributed by atoms with Gasteiger partial charge in [-0.05, 0) is 25.1 Å². The second-order valence-electron chi connectivity index (χ2n) is 5.54. The van der Waals surface area contributed by atoms with Crippen LogP contribution in [0.3, 0.4) is 0 Å². The zero-order valence-electron chi connectivity index (χ0n) is 14.3. The molecule has 0 aromatic heterocycles. The lowest BCUT2D eigenvalue weighted by Gasteiger charge is -2.19. The fraction of sp³-hybridized carbons (Fsp3) is 0.235. The van der Waals surface area contributed by atoms with Crippen molar-refractivity contribution >= 4 is 23.0 Å². The van der Waals surface area contributed by atoms with E-state index in [1.807, 2.05) is 0 Å². The molecule has 2 rings (SSSR count). The van der Waals surface area contributed by atoms with Crippen LogP contribution in [0.1, 0.15) is 12.5 Å². The van der Waals surface area contributed by atoms with E-state index in [0.717, 1.165) is 12.1 Å². The molecule has 0 aliphatic carbocycles. The highest BCUT2D eigenvalue weighted by molar-refractivity contribution is 5.97. The number of benzene rings is 2. The summed E-state index contributed by atoms with van der Waals surface area (Å²) in [5.74, 6) is -0.288. The molecule has 0 bridgehead atoms. The highest BCUT2D eigenvalue weighted by Crippen LogP contribution is 2.37. The molecule has 1 atom stereocenters. The SMILES string of the molecule is COc1ccccc1N[C@@H](C)C(=O)Nc1ccc([N+](=O)[O-])cc1C(F)(F)F. The first-order chi connectivity index (χ1) is 12.6. The molecule has 0 spiro atoms. The Labute approximate surface area is 152 Å². The van der Waals surface area contributed by atoms with Gasteiger partial charge in [0.1, 0.15) is 11.8 Å². The number of amides is 1. The quantitative estimate of drug-likeness (QED) is 0.580. The van der Waals surface area contributed by atoms with Gasteiger partial charge in [0.15, 0.2) is 0 Å². The summed E-state index contributed by atoms with van der Waals surface area (Å²) in [6.07, 6.45) is -4.87. The van der Waals surface area contributed by atoms with Gasteiger partial charge in [-0.25, -0.2) is 0 Å². The average molecular weight is 383 g/mol. The van der Waals surface area contributed by atoms with Gasteiger partial charge >= 0.3 is 6.18 Å². The maximum Gasteiger partial charge on any atom is 0.418 e. The molecule has 0 radical (unpaired) electrons. The predicted molar refractivity (Wildman–Crippen MR) is 92.8 cm³/mol. The van der Waals surface area contributed by atoms with Gasteiger partial charge in [-0.1, -0.05) is 12.1 Å². The molecular weight excluding hydrogens is 367 g/mol. The van der Waals surface area contributed by atoms with Gasteiger partial charge in [0.05, 0.1) is 29.0 Å². The fourth-order valence-electron chi connectivity index (χ4n) is 2.29. The van der Waals surface area contributed by atoms with E-state index in [2.05, 4.69) is 10.6 Å². The minimum Gasteiger partial charge on any atom is -0.495 e. The van der Waals surface area contributed by atoms with E-state index in [4.69, 9.17) is 4.74 Å². The van der Waals surface area contributed by atoms with Crippen molar-refractivity contribution in [1.82, 2.24) is 0 Å². The van der Waals surface area contributed by atoms with E-state index < -0.39 is 40.0 Å². The lowest BCUT2D eigenvalue weighted by Crippen LogP contribution is -2.32. The number of nitrogens with one attached hydrogen (secondary N) is 2. The van der Waals surface area contributed by atoms with Crippen LogP contribution in [-0.2, 0) is 11.0 Å². The molecule has 0 saturated carbocycles. The molecule has 0 aliphatic rings. The lowest BCUT2D eigenvalue weighted by atomic mass is 10.1. The molecule has 0 fully saturated rings. The highest BCUT2D eigenvalue weighted by atomic mass is 19.4. The van der Waals surface area contributed by atoms with E-state index in [9.17, 15) is 28.1 Å². The molecule has 2 aromatic carbocycles. The van der Waals surface area contributed by atoms with Crippen LogP contribution in [0.5, 0.6) is 5.75 Å². The van der Waals surface area contributed by atoms with E-state index >= 15 is 0 Å². The fourth-order valence-corrected chi connectivity index (χ4v) is 2.29. The van der Waals surface area contributed by atoms with E-state index in [-0.39, 0.29) is 0 Å². The zero-order chi connectivity index (χ0) is 20.2. The number of carbonyl (C=O) groups is 1. The Bertz CT molecular complexity index is 856. The Morgan fingerprint density at radius 3 is 2.44 bits per heavy atom. The summed E-state index contributed by atoms with van der Waals surface area (Å²) < 4.78 is 44.7. The molecule has 2 N–H and O–H groups in total. The number of halogens is 3. The van der Waals surface area contributed by atoms with Crippen LogP contribution < -0.4 is 15.4 Å². The van der Waals surface area contributed by atoms with Gasteiger partial charge in [0.25, 0.3) is 5.69 Å². The summed E-state index contributed by atoms with van der Waals surface area (Å²) in [6.45, 7) is 1.46. The monoisotopic (exact) mass is 383 g/mol. The Balaban J connectivity index is 2.23. The van der Waals surface area contributed by atoms with Crippen LogP contribution in [0.25, 0.3) is 0 Å². The molecule has 0 aliphatic heterocycles. The van der Waals surface area contributed by atoms with Crippen molar-refractivity contribution < 1.29 is 27.6 Å². The number of hydrogen-bond acceptors (Lipinski definition) is 5.